The van der Waals surface area contributed by atoms with Crippen LogP contribution in [-0.2, 0) is 4.79 Å². The summed E-state index contributed by atoms with van der Waals surface area (Å²) in [5.41, 5.74) is 0.611. The number of aliphatic imine (C=N–C) groups is 1. The summed E-state index contributed by atoms with van der Waals surface area (Å²) < 4.78 is 57.2. The lowest BCUT2D eigenvalue weighted by molar-refractivity contribution is -0.142. The van der Waals surface area contributed by atoms with Gasteiger partial charge in [-0.05, 0) is 38.2 Å². The molecule has 1 atom stereocenters. The predicted octanol–water partition coefficient (Wildman–Crippen LogP) is 3.24. The Kier molecular flexibility index (Phi) is 6.50. The SMILES string of the molecule is COc1cc(-c2cc(C(=O)N3CC[C@@H](C(=O)N=C4CCN(CC(F)(F)F)C4)CC34CC4)[nH]n2)c(F)cn1. The van der Waals surface area contributed by atoms with Gasteiger partial charge < -0.3 is 9.64 Å². The smallest absolute Gasteiger partial charge is 0.401 e. The zero-order chi connectivity index (χ0) is 26.4. The number of piperidine rings is 1. The number of methoxy groups -OCH3 is 1. The van der Waals surface area contributed by atoms with Crippen molar-refractivity contribution in [3.8, 4) is 17.1 Å². The first kappa shape index (κ1) is 25.3. The van der Waals surface area contributed by atoms with Crippen LogP contribution in [0, 0.1) is 11.7 Å². The molecule has 0 bridgehead atoms. The zero-order valence-corrected chi connectivity index (χ0v) is 20.1. The number of carbonyl (C=O) groups excluding carboxylic acids is 2. The van der Waals surface area contributed by atoms with Gasteiger partial charge in [-0.2, -0.15) is 18.3 Å². The first-order chi connectivity index (χ1) is 17.6. The number of H-pyrrole nitrogens is 1. The van der Waals surface area contributed by atoms with Crippen LogP contribution in [-0.4, -0.2) is 87.5 Å². The molecule has 2 aromatic heterocycles. The largest absolute Gasteiger partial charge is 0.481 e. The van der Waals surface area contributed by atoms with E-state index < -0.39 is 24.1 Å². The van der Waals surface area contributed by atoms with Crippen LogP contribution in [0.1, 0.15) is 42.6 Å². The predicted molar refractivity (Wildman–Crippen MR) is 124 cm³/mol. The van der Waals surface area contributed by atoms with Crippen LogP contribution in [0.3, 0.4) is 0 Å². The third-order valence-corrected chi connectivity index (χ3v) is 7.24. The second kappa shape index (κ2) is 9.51. The number of carbonyl (C=O) groups is 2. The Labute approximate surface area is 209 Å². The molecule has 9 nitrogen and oxygen atoms in total. The molecule has 2 amide bonds. The Morgan fingerprint density at radius 1 is 1.27 bits per heavy atom. The highest BCUT2D eigenvalue weighted by Crippen LogP contribution is 2.50. The first-order valence-electron chi connectivity index (χ1n) is 12.0. The second-order valence-electron chi connectivity index (χ2n) is 9.84. The van der Waals surface area contributed by atoms with Crippen molar-refractivity contribution in [3.05, 3.63) is 29.8 Å². The minimum absolute atomic E-state index is 0.0415. The number of likely N-dealkylation sites (tertiary alicyclic amines) is 2. The van der Waals surface area contributed by atoms with Gasteiger partial charge in [0.2, 0.25) is 11.8 Å². The third kappa shape index (κ3) is 5.36. The highest BCUT2D eigenvalue weighted by atomic mass is 19.4. The maximum atomic E-state index is 14.3. The van der Waals surface area contributed by atoms with Gasteiger partial charge in [-0.15, -0.1) is 0 Å². The minimum Gasteiger partial charge on any atom is -0.481 e. The normalized spacial score (nSPS) is 22.6. The van der Waals surface area contributed by atoms with E-state index >= 15 is 0 Å². The Balaban J connectivity index is 1.24. The average Bonchev–Trinajstić information content (AvgIpc) is 3.23. The molecule has 13 heteroatoms. The van der Waals surface area contributed by atoms with Gasteiger partial charge in [0.1, 0.15) is 5.69 Å². The summed E-state index contributed by atoms with van der Waals surface area (Å²) in [7, 11) is 1.41. The Hall–Kier alpha value is -3.35. The number of aromatic amines is 1. The van der Waals surface area contributed by atoms with E-state index in [9.17, 15) is 27.2 Å². The standard InChI is InChI=1S/C24H26F4N6O3/c1-37-20-8-16(17(25)11-29-20)18-9-19(32-31-18)22(36)34-7-2-14(10-23(34)4-5-23)21(35)30-15-3-6-33(12-15)13-24(26,27)28/h8-9,11,14H,2-7,10,12-13H2,1H3,(H,31,32)/t14-/m1/s1. The number of nitrogens with one attached hydrogen (secondary N) is 1. The summed E-state index contributed by atoms with van der Waals surface area (Å²) in [6.45, 7) is -0.406. The van der Waals surface area contributed by atoms with Gasteiger partial charge in [-0.1, -0.05) is 0 Å². The van der Waals surface area contributed by atoms with Gasteiger partial charge in [0.15, 0.2) is 5.82 Å². The summed E-state index contributed by atoms with van der Waals surface area (Å²) in [5, 5.41) is 6.78. The summed E-state index contributed by atoms with van der Waals surface area (Å²) >= 11 is 0. The lowest BCUT2D eigenvalue weighted by Crippen LogP contribution is -2.49. The molecule has 37 heavy (non-hydrogen) atoms. The van der Waals surface area contributed by atoms with E-state index in [0.29, 0.717) is 31.5 Å². The zero-order valence-electron chi connectivity index (χ0n) is 20.1. The second-order valence-corrected chi connectivity index (χ2v) is 9.84. The fraction of sp³-hybridized carbons (Fsp3) is 0.542. The number of halogens is 4. The molecule has 1 saturated carbocycles. The van der Waals surface area contributed by atoms with Crippen molar-refractivity contribution in [2.24, 2.45) is 10.9 Å². The van der Waals surface area contributed by atoms with Crippen molar-refractivity contribution in [1.82, 2.24) is 25.0 Å². The third-order valence-electron chi connectivity index (χ3n) is 7.24. The molecule has 0 aromatic carbocycles. The van der Waals surface area contributed by atoms with Crippen molar-refractivity contribution in [2.75, 3.05) is 33.3 Å². The first-order valence-corrected chi connectivity index (χ1v) is 12.0. The fourth-order valence-electron chi connectivity index (χ4n) is 5.21. The molecule has 2 saturated heterocycles. The van der Waals surface area contributed by atoms with Crippen LogP contribution in [0.25, 0.3) is 11.3 Å². The molecule has 0 unspecified atom stereocenters. The molecule has 1 N–H and O–H groups in total. The minimum atomic E-state index is -4.29. The van der Waals surface area contributed by atoms with Crippen LogP contribution < -0.4 is 4.74 Å². The monoisotopic (exact) mass is 522 g/mol. The van der Waals surface area contributed by atoms with Gasteiger partial charge in [-0.3, -0.25) is 19.6 Å². The summed E-state index contributed by atoms with van der Waals surface area (Å²) in [5.74, 6) is -1.38. The Morgan fingerprint density at radius 2 is 2.05 bits per heavy atom. The molecule has 4 heterocycles. The van der Waals surface area contributed by atoms with Crippen LogP contribution in [0.4, 0.5) is 17.6 Å². The number of nitrogens with zero attached hydrogens (tertiary/aromatic N) is 5. The number of amides is 2. The Bertz CT molecular complexity index is 1240. The van der Waals surface area contributed by atoms with Crippen molar-refractivity contribution in [1.29, 1.82) is 0 Å². The molecule has 3 fully saturated rings. The van der Waals surface area contributed by atoms with E-state index in [1.807, 2.05) is 0 Å². The number of hydrogen-bond donors (Lipinski definition) is 1. The number of rotatable bonds is 5. The van der Waals surface area contributed by atoms with Crippen LogP contribution >= 0.6 is 0 Å². The molecule has 0 radical (unpaired) electrons. The molecule has 2 aliphatic heterocycles. The van der Waals surface area contributed by atoms with Crippen molar-refractivity contribution in [3.63, 3.8) is 0 Å². The van der Waals surface area contributed by atoms with E-state index in [-0.39, 0.29) is 53.7 Å². The Morgan fingerprint density at radius 3 is 2.76 bits per heavy atom. The summed E-state index contributed by atoms with van der Waals surface area (Å²) in [6.07, 6.45) is -0.563. The molecular weight excluding hydrogens is 496 g/mol. The van der Waals surface area contributed by atoms with Crippen LogP contribution in [0.15, 0.2) is 23.3 Å². The molecule has 1 spiro atoms. The fourth-order valence-corrected chi connectivity index (χ4v) is 5.21. The van der Waals surface area contributed by atoms with E-state index in [0.717, 1.165) is 19.0 Å². The highest BCUT2D eigenvalue weighted by Gasteiger charge is 2.54. The number of alkyl halides is 3. The number of hydrogen-bond acceptors (Lipinski definition) is 6. The van der Waals surface area contributed by atoms with Gasteiger partial charge in [0, 0.05) is 48.4 Å². The summed E-state index contributed by atoms with van der Waals surface area (Å²) in [6, 6.07) is 2.87. The van der Waals surface area contributed by atoms with Crippen LogP contribution in [0.5, 0.6) is 5.88 Å². The molecule has 198 valence electrons. The van der Waals surface area contributed by atoms with Crippen molar-refractivity contribution in [2.45, 2.75) is 43.8 Å². The van der Waals surface area contributed by atoms with Gasteiger partial charge >= 0.3 is 6.18 Å². The number of pyridine rings is 1. The van der Waals surface area contributed by atoms with E-state index in [1.54, 1.807) is 4.90 Å². The van der Waals surface area contributed by atoms with E-state index in [1.165, 1.54) is 24.1 Å². The van der Waals surface area contributed by atoms with E-state index in [2.05, 4.69) is 20.2 Å². The van der Waals surface area contributed by atoms with Gasteiger partial charge in [-0.25, -0.2) is 14.4 Å². The molecule has 1 aliphatic carbocycles. The lowest BCUT2D eigenvalue weighted by Gasteiger charge is -2.39. The molecule has 5 rings (SSSR count). The lowest BCUT2D eigenvalue weighted by atomic mass is 9.88. The van der Waals surface area contributed by atoms with Crippen molar-refractivity contribution < 1.29 is 31.9 Å². The van der Waals surface area contributed by atoms with E-state index in [4.69, 9.17) is 4.74 Å². The topological polar surface area (TPSA) is 104 Å². The van der Waals surface area contributed by atoms with Gasteiger partial charge in [0.05, 0.1) is 25.5 Å². The van der Waals surface area contributed by atoms with Crippen molar-refractivity contribution >= 4 is 17.5 Å². The molecule has 2 aromatic rings. The summed E-state index contributed by atoms with van der Waals surface area (Å²) in [4.78, 5) is 37.1. The maximum Gasteiger partial charge on any atom is 0.401 e. The molecule has 3 aliphatic rings. The molecular formula is C24H26F4N6O3. The average molecular weight is 523 g/mol. The number of ether oxygens (including phenoxy) is 1. The highest BCUT2D eigenvalue weighted by molar-refractivity contribution is 5.99. The quantitative estimate of drug-likeness (QED) is 0.605. The van der Waals surface area contributed by atoms with Crippen LogP contribution in [0.2, 0.25) is 0 Å². The number of aromatic nitrogens is 3. The van der Waals surface area contributed by atoms with Gasteiger partial charge in [0.25, 0.3) is 5.91 Å². The maximum absolute atomic E-state index is 14.3.